The molecule has 23 heavy (non-hydrogen) atoms. The Morgan fingerprint density at radius 1 is 1.35 bits per heavy atom. The fraction of sp³-hybridized carbons (Fsp3) is 0.625. The molecule has 2 aliphatic rings. The molecule has 0 aliphatic carbocycles. The quantitative estimate of drug-likeness (QED) is 0.911. The van der Waals surface area contributed by atoms with Gasteiger partial charge in [0, 0.05) is 25.5 Å². The number of aromatic nitrogens is 1. The Kier molecular flexibility index (Phi) is 4.84. The number of nitrogens with one attached hydrogen (secondary N) is 1. The average molecular weight is 337 g/mol. The van der Waals surface area contributed by atoms with Crippen molar-refractivity contribution < 1.29 is 13.2 Å². The average Bonchev–Trinajstić information content (AvgIpc) is 3.02. The second kappa shape index (κ2) is 6.86. The fourth-order valence-electron chi connectivity index (χ4n) is 3.54. The van der Waals surface area contributed by atoms with Crippen molar-refractivity contribution in [2.45, 2.75) is 31.7 Å². The number of rotatable bonds is 3. The topological polar surface area (TPSA) is 79.4 Å². The Bertz CT molecular complexity index is 648. The smallest absolute Gasteiger partial charge is 0.317 e. The number of hydrogen-bond donors (Lipinski definition) is 1. The number of carbonyl (C=O) groups excluding carboxylic acids is 1. The molecular weight excluding hydrogens is 314 g/mol. The van der Waals surface area contributed by atoms with Crippen LogP contribution in [0.1, 0.15) is 37.3 Å². The first kappa shape index (κ1) is 16.2. The maximum absolute atomic E-state index is 12.5. The van der Waals surface area contributed by atoms with Crippen molar-refractivity contribution in [1.82, 2.24) is 15.2 Å². The molecule has 0 radical (unpaired) electrons. The molecule has 2 amide bonds. The van der Waals surface area contributed by atoms with Crippen LogP contribution in [0, 0.1) is 5.92 Å². The van der Waals surface area contributed by atoms with Crippen molar-refractivity contribution in [3.05, 3.63) is 30.1 Å². The Morgan fingerprint density at radius 2 is 2.22 bits per heavy atom. The van der Waals surface area contributed by atoms with E-state index in [1.54, 1.807) is 6.20 Å². The second-order valence-electron chi connectivity index (χ2n) is 6.45. The van der Waals surface area contributed by atoms with Gasteiger partial charge < -0.3 is 10.2 Å². The van der Waals surface area contributed by atoms with Gasteiger partial charge in [-0.1, -0.05) is 6.07 Å². The number of sulfone groups is 1. The Labute approximate surface area is 137 Å². The number of urea groups is 1. The number of pyridine rings is 1. The van der Waals surface area contributed by atoms with Gasteiger partial charge in [0.25, 0.3) is 0 Å². The van der Waals surface area contributed by atoms with E-state index in [4.69, 9.17) is 0 Å². The number of nitrogens with zero attached hydrogens (tertiary/aromatic N) is 2. The number of carbonyl (C=O) groups is 1. The van der Waals surface area contributed by atoms with E-state index in [0.29, 0.717) is 13.0 Å². The lowest BCUT2D eigenvalue weighted by Crippen LogP contribution is -2.43. The second-order valence-corrected chi connectivity index (χ2v) is 8.68. The summed E-state index contributed by atoms with van der Waals surface area (Å²) >= 11 is 0. The van der Waals surface area contributed by atoms with Crippen molar-refractivity contribution >= 4 is 15.9 Å². The van der Waals surface area contributed by atoms with Gasteiger partial charge in [0.15, 0.2) is 9.84 Å². The van der Waals surface area contributed by atoms with Crippen LogP contribution in [0.15, 0.2) is 24.5 Å². The highest BCUT2D eigenvalue weighted by molar-refractivity contribution is 7.91. The van der Waals surface area contributed by atoms with Crippen LogP contribution in [0.2, 0.25) is 0 Å². The van der Waals surface area contributed by atoms with Crippen molar-refractivity contribution in [3.8, 4) is 0 Å². The van der Waals surface area contributed by atoms with Gasteiger partial charge in [-0.15, -0.1) is 0 Å². The van der Waals surface area contributed by atoms with E-state index in [1.807, 2.05) is 23.2 Å². The standard InChI is InChI=1S/C16H23N3O3S/c20-16(18-10-13-4-3-9-23(21,22)12-13)19-8-2-6-15(19)14-5-1-7-17-11-14/h1,5,7,11,13,15H,2-4,6,8-10,12H2,(H,18,20). The van der Waals surface area contributed by atoms with Gasteiger partial charge in [-0.25, -0.2) is 13.2 Å². The van der Waals surface area contributed by atoms with Crippen LogP contribution in [-0.4, -0.2) is 48.9 Å². The van der Waals surface area contributed by atoms with Crippen LogP contribution in [0.5, 0.6) is 0 Å². The van der Waals surface area contributed by atoms with Gasteiger partial charge in [-0.2, -0.15) is 0 Å². The SMILES string of the molecule is O=C(NCC1CCCS(=O)(=O)C1)N1CCCC1c1cccnc1. The van der Waals surface area contributed by atoms with Crippen LogP contribution >= 0.6 is 0 Å². The largest absolute Gasteiger partial charge is 0.338 e. The minimum absolute atomic E-state index is 0.0390. The first-order valence-corrected chi connectivity index (χ1v) is 10.0. The summed E-state index contributed by atoms with van der Waals surface area (Å²) < 4.78 is 23.3. The lowest BCUT2D eigenvalue weighted by Gasteiger charge is -2.27. The molecule has 0 spiro atoms. The number of likely N-dealkylation sites (tertiary alicyclic amines) is 1. The molecule has 0 bridgehead atoms. The third-order valence-corrected chi connectivity index (χ3v) is 6.57. The molecule has 3 rings (SSSR count). The molecule has 2 aliphatic heterocycles. The maximum Gasteiger partial charge on any atom is 0.317 e. The summed E-state index contributed by atoms with van der Waals surface area (Å²) in [5, 5.41) is 2.93. The van der Waals surface area contributed by atoms with Gasteiger partial charge in [-0.3, -0.25) is 4.98 Å². The van der Waals surface area contributed by atoms with Crippen LogP contribution in [0.3, 0.4) is 0 Å². The molecule has 126 valence electrons. The Morgan fingerprint density at radius 3 is 2.96 bits per heavy atom. The highest BCUT2D eigenvalue weighted by Crippen LogP contribution is 2.31. The molecular formula is C16H23N3O3S. The van der Waals surface area contributed by atoms with Crippen molar-refractivity contribution in [2.75, 3.05) is 24.6 Å². The van der Waals surface area contributed by atoms with Crippen molar-refractivity contribution in [3.63, 3.8) is 0 Å². The third kappa shape index (κ3) is 4.02. The molecule has 7 heteroatoms. The van der Waals surface area contributed by atoms with E-state index in [2.05, 4.69) is 10.3 Å². The summed E-state index contributed by atoms with van der Waals surface area (Å²) in [7, 11) is -2.93. The van der Waals surface area contributed by atoms with E-state index in [1.165, 1.54) is 0 Å². The molecule has 6 nitrogen and oxygen atoms in total. The molecule has 2 unspecified atom stereocenters. The lowest BCUT2D eigenvalue weighted by molar-refractivity contribution is 0.191. The van der Waals surface area contributed by atoms with Gasteiger partial charge in [0.2, 0.25) is 0 Å². The van der Waals surface area contributed by atoms with Gasteiger partial charge in [0.05, 0.1) is 17.5 Å². The minimum atomic E-state index is -2.93. The Balaban J connectivity index is 1.57. The minimum Gasteiger partial charge on any atom is -0.338 e. The van der Waals surface area contributed by atoms with E-state index >= 15 is 0 Å². The highest BCUT2D eigenvalue weighted by Gasteiger charge is 2.31. The molecule has 2 fully saturated rings. The molecule has 0 saturated carbocycles. The zero-order valence-electron chi connectivity index (χ0n) is 13.1. The summed E-state index contributed by atoms with van der Waals surface area (Å²) in [6.07, 6.45) is 7.02. The van der Waals surface area contributed by atoms with E-state index in [0.717, 1.165) is 31.4 Å². The predicted octanol–water partition coefficient (Wildman–Crippen LogP) is 1.75. The van der Waals surface area contributed by atoms with Crippen molar-refractivity contribution in [1.29, 1.82) is 0 Å². The molecule has 0 aromatic carbocycles. The van der Waals surface area contributed by atoms with Crippen LogP contribution in [0.25, 0.3) is 0 Å². The summed E-state index contributed by atoms with van der Waals surface area (Å²) in [5.41, 5.74) is 1.06. The van der Waals surface area contributed by atoms with Crippen molar-refractivity contribution in [2.24, 2.45) is 5.92 Å². The van der Waals surface area contributed by atoms with Gasteiger partial charge >= 0.3 is 6.03 Å². The van der Waals surface area contributed by atoms with E-state index in [-0.39, 0.29) is 29.5 Å². The molecule has 1 N–H and O–H groups in total. The summed E-state index contributed by atoms with van der Waals surface area (Å²) in [6.45, 7) is 1.17. The first-order valence-electron chi connectivity index (χ1n) is 8.20. The predicted molar refractivity (Wildman–Crippen MR) is 87.7 cm³/mol. The van der Waals surface area contributed by atoms with Gasteiger partial charge in [-0.05, 0) is 43.2 Å². The summed E-state index contributed by atoms with van der Waals surface area (Å²) in [5.74, 6) is 0.517. The monoisotopic (exact) mass is 337 g/mol. The number of hydrogen-bond acceptors (Lipinski definition) is 4. The summed E-state index contributed by atoms with van der Waals surface area (Å²) in [6, 6.07) is 3.85. The molecule has 2 atom stereocenters. The molecule has 1 aromatic rings. The third-order valence-electron chi connectivity index (χ3n) is 4.68. The zero-order valence-corrected chi connectivity index (χ0v) is 14.0. The van der Waals surface area contributed by atoms with E-state index in [9.17, 15) is 13.2 Å². The zero-order chi connectivity index (χ0) is 16.3. The maximum atomic E-state index is 12.5. The molecule has 2 saturated heterocycles. The van der Waals surface area contributed by atoms with E-state index < -0.39 is 9.84 Å². The highest BCUT2D eigenvalue weighted by atomic mass is 32.2. The van der Waals surface area contributed by atoms with Crippen LogP contribution < -0.4 is 5.32 Å². The molecule has 1 aromatic heterocycles. The fourth-order valence-corrected chi connectivity index (χ4v) is 5.32. The van der Waals surface area contributed by atoms with Gasteiger partial charge in [0.1, 0.15) is 0 Å². The van der Waals surface area contributed by atoms with Crippen LogP contribution in [-0.2, 0) is 9.84 Å². The van der Waals surface area contributed by atoms with Crippen LogP contribution in [0.4, 0.5) is 4.79 Å². The Hall–Kier alpha value is -1.63. The first-order chi connectivity index (χ1) is 11.1. The normalized spacial score (nSPS) is 26.9. The number of amides is 2. The lowest BCUT2D eigenvalue weighted by atomic mass is 10.1. The summed E-state index contributed by atoms with van der Waals surface area (Å²) in [4.78, 5) is 18.5. The molecule has 3 heterocycles.